The van der Waals surface area contributed by atoms with Crippen molar-refractivity contribution < 1.29 is 9.59 Å². The van der Waals surface area contributed by atoms with E-state index in [9.17, 15) is 9.59 Å². The summed E-state index contributed by atoms with van der Waals surface area (Å²) < 4.78 is 1.40. The molecule has 1 saturated carbocycles. The Kier molecular flexibility index (Phi) is 7.74. The predicted octanol–water partition coefficient (Wildman–Crippen LogP) is 1.83. The number of amides is 2. The van der Waals surface area contributed by atoms with Gasteiger partial charge in [-0.15, -0.1) is 5.10 Å². The average Bonchev–Trinajstić information content (AvgIpc) is 3.14. The van der Waals surface area contributed by atoms with Crippen molar-refractivity contribution in [2.24, 2.45) is 17.8 Å². The lowest BCUT2D eigenvalue weighted by atomic mass is 9.76. The minimum Gasteiger partial charge on any atom is -0.342 e. The fourth-order valence-corrected chi connectivity index (χ4v) is 3.78. The molecule has 0 radical (unpaired) electrons. The maximum atomic E-state index is 13.0. The van der Waals surface area contributed by atoms with Crippen molar-refractivity contribution in [1.82, 2.24) is 30.0 Å². The quantitative estimate of drug-likeness (QED) is 0.689. The summed E-state index contributed by atoms with van der Waals surface area (Å²) in [6.07, 6.45) is 5.68. The summed E-state index contributed by atoms with van der Waals surface area (Å²) in [5, 5.41) is 10.8. The number of nitrogens with zero attached hydrogens (tertiary/aromatic N) is 6. The summed E-state index contributed by atoms with van der Waals surface area (Å²) in [6, 6.07) is 0.128. The summed E-state index contributed by atoms with van der Waals surface area (Å²) in [6.45, 7) is 9.80. The molecule has 0 aromatic carbocycles. The SMILES string of the molecule is CC(C)C1CCC(C(=O)N(CCN(C)C(=O)Cn2cnnn2)C(C)C)CC1. The minimum absolute atomic E-state index is 0.0732. The second-order valence-corrected chi connectivity index (χ2v) is 8.30. The van der Waals surface area contributed by atoms with Gasteiger partial charge in [-0.1, -0.05) is 13.8 Å². The van der Waals surface area contributed by atoms with Crippen LogP contribution in [0.2, 0.25) is 0 Å². The molecule has 1 aromatic heterocycles. The highest BCUT2D eigenvalue weighted by Crippen LogP contribution is 2.34. The molecule has 1 aliphatic rings. The molecule has 1 aliphatic carbocycles. The summed E-state index contributed by atoms with van der Waals surface area (Å²) in [7, 11) is 1.75. The zero-order valence-electron chi connectivity index (χ0n) is 17.3. The molecule has 0 unspecified atom stereocenters. The number of carbonyl (C=O) groups is 2. The third-order valence-electron chi connectivity index (χ3n) is 5.76. The van der Waals surface area contributed by atoms with E-state index in [1.54, 1.807) is 11.9 Å². The fourth-order valence-electron chi connectivity index (χ4n) is 3.78. The van der Waals surface area contributed by atoms with E-state index in [1.807, 2.05) is 18.7 Å². The van der Waals surface area contributed by atoms with E-state index >= 15 is 0 Å². The Balaban J connectivity index is 1.85. The van der Waals surface area contributed by atoms with Crippen LogP contribution in [0.4, 0.5) is 0 Å². The van der Waals surface area contributed by atoms with Gasteiger partial charge in [0.05, 0.1) is 0 Å². The van der Waals surface area contributed by atoms with Crippen molar-refractivity contribution in [2.75, 3.05) is 20.1 Å². The van der Waals surface area contributed by atoms with E-state index in [1.165, 1.54) is 11.0 Å². The van der Waals surface area contributed by atoms with Crippen LogP contribution < -0.4 is 0 Å². The number of hydrogen-bond acceptors (Lipinski definition) is 5. The molecular weight excluding hydrogens is 344 g/mol. The number of rotatable bonds is 8. The number of tetrazole rings is 1. The Morgan fingerprint density at radius 2 is 1.78 bits per heavy atom. The molecule has 8 heteroatoms. The summed E-state index contributed by atoms with van der Waals surface area (Å²) in [4.78, 5) is 28.9. The third kappa shape index (κ3) is 6.01. The van der Waals surface area contributed by atoms with Gasteiger partial charge in [0.15, 0.2) is 0 Å². The second-order valence-electron chi connectivity index (χ2n) is 8.30. The molecule has 0 saturated heterocycles. The molecule has 1 fully saturated rings. The third-order valence-corrected chi connectivity index (χ3v) is 5.76. The highest BCUT2D eigenvalue weighted by molar-refractivity contribution is 5.79. The first-order chi connectivity index (χ1) is 12.8. The number of carbonyl (C=O) groups excluding carboxylic acids is 2. The molecular formula is C19H34N6O2. The van der Waals surface area contributed by atoms with Gasteiger partial charge in [-0.2, -0.15) is 0 Å². The smallest absolute Gasteiger partial charge is 0.244 e. The number of hydrogen-bond donors (Lipinski definition) is 0. The first-order valence-electron chi connectivity index (χ1n) is 10.0. The Hall–Kier alpha value is -1.99. The molecule has 8 nitrogen and oxygen atoms in total. The molecule has 2 rings (SSSR count). The fraction of sp³-hybridized carbons (Fsp3) is 0.842. The van der Waals surface area contributed by atoms with E-state index < -0.39 is 0 Å². The maximum absolute atomic E-state index is 13.0. The van der Waals surface area contributed by atoms with E-state index in [-0.39, 0.29) is 30.3 Å². The number of likely N-dealkylation sites (N-methyl/N-ethyl adjacent to an activating group) is 1. The predicted molar refractivity (Wildman–Crippen MR) is 103 cm³/mol. The van der Waals surface area contributed by atoms with Crippen molar-refractivity contribution in [2.45, 2.75) is 66.0 Å². The number of aromatic nitrogens is 4. The van der Waals surface area contributed by atoms with Gasteiger partial charge in [-0.05, 0) is 61.8 Å². The van der Waals surface area contributed by atoms with Crippen LogP contribution in [0.1, 0.15) is 53.4 Å². The van der Waals surface area contributed by atoms with E-state index in [0.29, 0.717) is 19.0 Å². The Labute approximate surface area is 162 Å². The molecule has 0 aliphatic heterocycles. The normalized spacial score (nSPS) is 20.1. The Bertz CT molecular complexity index is 593. The zero-order chi connectivity index (χ0) is 20.0. The first-order valence-corrected chi connectivity index (χ1v) is 10.0. The summed E-state index contributed by atoms with van der Waals surface area (Å²) in [5.41, 5.74) is 0. The standard InChI is InChI=1S/C19H34N6O2/c1-14(2)16-6-8-17(9-7-16)19(27)25(15(3)4)11-10-23(5)18(26)12-24-13-20-21-22-24/h13-17H,6-12H2,1-5H3. The van der Waals surface area contributed by atoms with Crippen LogP contribution in [-0.2, 0) is 16.1 Å². The highest BCUT2D eigenvalue weighted by atomic mass is 16.2. The lowest BCUT2D eigenvalue weighted by Gasteiger charge is -2.36. The average molecular weight is 379 g/mol. The lowest BCUT2D eigenvalue weighted by Crippen LogP contribution is -2.46. The molecule has 27 heavy (non-hydrogen) atoms. The molecule has 1 heterocycles. The summed E-state index contributed by atoms with van der Waals surface area (Å²) >= 11 is 0. The van der Waals surface area contributed by atoms with Crippen molar-refractivity contribution >= 4 is 11.8 Å². The molecule has 0 atom stereocenters. The highest BCUT2D eigenvalue weighted by Gasteiger charge is 2.31. The van der Waals surface area contributed by atoms with E-state index in [0.717, 1.165) is 31.6 Å². The first kappa shape index (κ1) is 21.3. The lowest BCUT2D eigenvalue weighted by molar-refractivity contribution is -0.140. The van der Waals surface area contributed by atoms with Gasteiger partial charge in [-0.3, -0.25) is 9.59 Å². The Morgan fingerprint density at radius 1 is 1.11 bits per heavy atom. The van der Waals surface area contributed by atoms with Gasteiger partial charge >= 0.3 is 0 Å². The van der Waals surface area contributed by atoms with Crippen molar-refractivity contribution in [3.63, 3.8) is 0 Å². The van der Waals surface area contributed by atoms with Gasteiger partial charge in [-0.25, -0.2) is 4.68 Å². The second kappa shape index (κ2) is 9.80. The Morgan fingerprint density at radius 3 is 2.30 bits per heavy atom. The van der Waals surface area contributed by atoms with Gasteiger partial charge in [0.1, 0.15) is 12.9 Å². The molecule has 2 amide bonds. The van der Waals surface area contributed by atoms with Crippen LogP contribution >= 0.6 is 0 Å². The van der Waals surface area contributed by atoms with Crippen molar-refractivity contribution in [1.29, 1.82) is 0 Å². The molecule has 152 valence electrons. The maximum Gasteiger partial charge on any atom is 0.244 e. The molecule has 0 spiro atoms. The summed E-state index contributed by atoms with van der Waals surface area (Å²) in [5.74, 6) is 1.74. The van der Waals surface area contributed by atoms with Gasteiger partial charge in [0.2, 0.25) is 11.8 Å². The molecule has 0 N–H and O–H groups in total. The van der Waals surface area contributed by atoms with Crippen LogP contribution in [0, 0.1) is 17.8 Å². The van der Waals surface area contributed by atoms with Gasteiger partial charge < -0.3 is 9.80 Å². The molecule has 0 bridgehead atoms. The molecule has 1 aromatic rings. The van der Waals surface area contributed by atoms with Crippen LogP contribution in [0.5, 0.6) is 0 Å². The van der Waals surface area contributed by atoms with Gasteiger partial charge in [0.25, 0.3) is 0 Å². The monoisotopic (exact) mass is 378 g/mol. The van der Waals surface area contributed by atoms with Gasteiger partial charge in [0, 0.05) is 32.1 Å². The topological polar surface area (TPSA) is 84.2 Å². The van der Waals surface area contributed by atoms with Crippen molar-refractivity contribution in [3.05, 3.63) is 6.33 Å². The van der Waals surface area contributed by atoms with Crippen LogP contribution in [0.15, 0.2) is 6.33 Å². The van der Waals surface area contributed by atoms with Crippen LogP contribution in [0.3, 0.4) is 0 Å². The van der Waals surface area contributed by atoms with E-state index in [2.05, 4.69) is 29.4 Å². The van der Waals surface area contributed by atoms with Crippen LogP contribution in [-0.4, -0.2) is 68.0 Å². The van der Waals surface area contributed by atoms with E-state index in [4.69, 9.17) is 0 Å². The largest absolute Gasteiger partial charge is 0.342 e. The van der Waals surface area contributed by atoms with Crippen LogP contribution in [0.25, 0.3) is 0 Å². The minimum atomic E-state index is -0.0732. The van der Waals surface area contributed by atoms with Crippen molar-refractivity contribution in [3.8, 4) is 0 Å². The zero-order valence-corrected chi connectivity index (χ0v) is 17.3.